The minimum absolute atomic E-state index is 0.0689. The van der Waals surface area contributed by atoms with Crippen molar-refractivity contribution in [3.63, 3.8) is 0 Å². The van der Waals surface area contributed by atoms with E-state index in [4.69, 9.17) is 19.7 Å². The number of ketones is 1. The number of aliphatic carboxylic acids is 1. The van der Waals surface area contributed by atoms with Gasteiger partial charge in [0.2, 0.25) is 0 Å². The maximum Gasteiger partial charge on any atom is 0.311 e. The number of ether oxygens (including phenoxy) is 2. The van der Waals surface area contributed by atoms with Crippen molar-refractivity contribution < 1.29 is 38.9 Å². The maximum absolute atomic E-state index is 12.7. The van der Waals surface area contributed by atoms with Crippen LogP contribution in [-0.2, 0) is 35.4 Å². The van der Waals surface area contributed by atoms with Crippen LogP contribution >= 0.6 is 23.5 Å². The number of aryl methyl sites for hydroxylation is 1. The molecule has 0 aliphatic heterocycles. The Kier molecular flexibility index (Phi) is 17.0. The lowest BCUT2D eigenvalue weighted by molar-refractivity contribution is -0.142. The van der Waals surface area contributed by atoms with Crippen LogP contribution in [0.15, 0.2) is 34.1 Å². The SMILES string of the molecule is CC(C)C.Cc1cc(SC(C)(C)Sc2cc(C(C)(C)C)c(OC(=O)CCC(=O)O)c(C(C)(C)C)c2)cc(C(C)(C)C)c1OC(=O)CCC(=O)CO. The second-order valence-corrected chi connectivity index (χ2v) is 20.7. The molecule has 0 saturated heterocycles. The third kappa shape index (κ3) is 16.2. The first-order valence-electron chi connectivity index (χ1n) is 17.5. The van der Waals surface area contributed by atoms with E-state index in [1.54, 1.807) is 23.5 Å². The van der Waals surface area contributed by atoms with Crippen LogP contribution < -0.4 is 9.47 Å². The Morgan fingerprint density at radius 1 is 0.627 bits per heavy atom. The number of rotatable bonds is 13. The molecule has 0 spiro atoms. The molecule has 0 atom stereocenters. The molecule has 8 nitrogen and oxygen atoms in total. The fourth-order valence-corrected chi connectivity index (χ4v) is 7.47. The molecule has 2 N–H and O–H groups in total. The standard InChI is InChI=1S/C37H52O8S2.C4H10/c1-22-17-24(18-26(34(2,3)4)32(22)44-30(42)15-13-23(39)21-38)46-37(11,12)47-25-19-27(35(5,6)7)33(28(20-25)36(8,9)10)45-31(43)16-14-29(40)41;1-4(2)3/h17-20,38H,13-16,21H2,1-12H3,(H,40,41);4H,1-3H3. The Morgan fingerprint density at radius 3 is 1.35 bits per heavy atom. The van der Waals surface area contributed by atoms with Crippen molar-refractivity contribution in [2.24, 2.45) is 5.92 Å². The minimum Gasteiger partial charge on any atom is -0.481 e. The lowest BCUT2D eigenvalue weighted by atomic mass is 9.79. The number of carbonyl (C=O) groups excluding carboxylic acids is 3. The highest BCUT2D eigenvalue weighted by Gasteiger charge is 2.32. The number of aliphatic hydroxyl groups excluding tert-OH is 1. The van der Waals surface area contributed by atoms with E-state index in [1.165, 1.54) is 0 Å². The zero-order valence-corrected chi connectivity index (χ0v) is 35.2. The fraction of sp³-hybridized carbons (Fsp3) is 0.610. The molecule has 2 aromatic rings. The highest BCUT2D eigenvalue weighted by atomic mass is 32.2. The van der Waals surface area contributed by atoms with E-state index in [0.29, 0.717) is 11.5 Å². The highest BCUT2D eigenvalue weighted by Crippen LogP contribution is 2.50. The van der Waals surface area contributed by atoms with E-state index in [-0.39, 0.29) is 46.0 Å². The van der Waals surface area contributed by atoms with Gasteiger partial charge in [0.25, 0.3) is 0 Å². The van der Waals surface area contributed by atoms with Crippen molar-refractivity contribution >= 4 is 47.2 Å². The third-order valence-corrected chi connectivity index (χ3v) is 9.65. The molecule has 0 aliphatic carbocycles. The third-order valence-electron chi connectivity index (χ3n) is 7.22. The van der Waals surface area contributed by atoms with E-state index >= 15 is 0 Å². The van der Waals surface area contributed by atoms with Crippen molar-refractivity contribution in [2.75, 3.05) is 6.61 Å². The second kappa shape index (κ2) is 18.8. The fourth-order valence-electron chi connectivity index (χ4n) is 4.83. The largest absolute Gasteiger partial charge is 0.481 e. The van der Waals surface area contributed by atoms with Crippen LogP contribution in [0.5, 0.6) is 11.5 Å². The van der Waals surface area contributed by atoms with Gasteiger partial charge in [0.05, 0.1) is 23.3 Å². The molecule has 0 bridgehead atoms. The summed E-state index contributed by atoms with van der Waals surface area (Å²) in [4.78, 5) is 49.9. The van der Waals surface area contributed by atoms with Gasteiger partial charge in [0.1, 0.15) is 18.1 Å². The summed E-state index contributed by atoms with van der Waals surface area (Å²) in [6, 6.07) is 8.20. The van der Waals surface area contributed by atoms with Crippen molar-refractivity contribution in [2.45, 2.75) is 160 Å². The summed E-state index contributed by atoms with van der Waals surface area (Å²) in [5, 5.41) is 18.0. The van der Waals surface area contributed by atoms with Gasteiger partial charge in [-0.2, -0.15) is 0 Å². The quantitative estimate of drug-likeness (QED) is 0.0885. The van der Waals surface area contributed by atoms with Gasteiger partial charge in [-0.1, -0.05) is 83.1 Å². The minimum atomic E-state index is -1.05. The maximum atomic E-state index is 12.7. The van der Waals surface area contributed by atoms with E-state index in [9.17, 15) is 19.2 Å². The second-order valence-electron chi connectivity index (χ2n) is 17.1. The first-order valence-corrected chi connectivity index (χ1v) is 19.2. The van der Waals surface area contributed by atoms with Gasteiger partial charge in [-0.05, 0) is 72.8 Å². The average molecular weight is 747 g/mol. The van der Waals surface area contributed by atoms with Crippen LogP contribution in [0.2, 0.25) is 0 Å². The number of carbonyl (C=O) groups is 4. The van der Waals surface area contributed by atoms with E-state index in [1.807, 2.05) is 13.0 Å². The Bertz CT molecular complexity index is 1500. The van der Waals surface area contributed by atoms with Gasteiger partial charge in [-0.25, -0.2) is 0 Å². The zero-order chi connectivity index (χ0) is 39.7. The predicted octanol–water partition coefficient (Wildman–Crippen LogP) is 10.2. The molecule has 0 aromatic heterocycles. The Balaban J connectivity index is 0.00000308. The molecule has 2 rings (SSSR count). The van der Waals surface area contributed by atoms with Crippen LogP contribution in [0.3, 0.4) is 0 Å². The zero-order valence-electron chi connectivity index (χ0n) is 33.6. The first-order chi connectivity index (χ1) is 23.1. The summed E-state index contributed by atoms with van der Waals surface area (Å²) in [5.74, 6) is -0.724. The van der Waals surface area contributed by atoms with Crippen LogP contribution in [-0.4, -0.2) is 44.6 Å². The van der Waals surface area contributed by atoms with Crippen molar-refractivity contribution in [3.05, 3.63) is 46.5 Å². The summed E-state index contributed by atoms with van der Waals surface area (Å²) >= 11 is 3.39. The van der Waals surface area contributed by atoms with Gasteiger partial charge >= 0.3 is 17.9 Å². The molecule has 0 saturated carbocycles. The summed E-state index contributed by atoms with van der Waals surface area (Å²) < 4.78 is 11.3. The van der Waals surface area contributed by atoms with Crippen molar-refractivity contribution in [1.82, 2.24) is 0 Å². The molecular formula is C41H62O8S2. The Labute approximate surface area is 315 Å². The van der Waals surface area contributed by atoms with Gasteiger partial charge < -0.3 is 19.7 Å². The van der Waals surface area contributed by atoms with Gasteiger partial charge in [-0.3, -0.25) is 19.2 Å². The number of hydrogen-bond acceptors (Lipinski definition) is 9. The summed E-state index contributed by atoms with van der Waals surface area (Å²) in [6.07, 6.45) is -0.671. The molecule has 51 heavy (non-hydrogen) atoms. The van der Waals surface area contributed by atoms with Crippen LogP contribution in [0, 0.1) is 12.8 Å². The molecule has 10 heteroatoms. The molecular weight excluding hydrogens is 685 g/mol. The van der Waals surface area contributed by atoms with Crippen LogP contribution in [0.4, 0.5) is 0 Å². The highest BCUT2D eigenvalue weighted by molar-refractivity contribution is 8.18. The van der Waals surface area contributed by atoms with Gasteiger partial charge in [-0.15, -0.1) is 23.5 Å². The van der Waals surface area contributed by atoms with Crippen molar-refractivity contribution in [1.29, 1.82) is 0 Å². The molecule has 2 aromatic carbocycles. The van der Waals surface area contributed by atoms with Crippen molar-refractivity contribution in [3.8, 4) is 11.5 Å². The van der Waals surface area contributed by atoms with Crippen LogP contribution in [0.1, 0.15) is 145 Å². The summed E-state index contributed by atoms with van der Waals surface area (Å²) in [7, 11) is 0. The Hall–Kier alpha value is -2.82. The van der Waals surface area contributed by atoms with E-state index in [0.717, 1.165) is 38.0 Å². The molecule has 0 fully saturated rings. The number of thioether (sulfide) groups is 2. The number of Topliss-reactive ketones (excluding diaryl/α,β-unsaturated/α-hetero) is 1. The summed E-state index contributed by atoms with van der Waals surface area (Å²) in [6.45, 7) is 30.6. The van der Waals surface area contributed by atoms with Crippen LogP contribution in [0.25, 0.3) is 0 Å². The predicted molar refractivity (Wildman–Crippen MR) is 209 cm³/mol. The number of hydrogen-bond donors (Lipinski definition) is 2. The first kappa shape index (κ1) is 46.2. The molecule has 0 amide bonds. The lowest BCUT2D eigenvalue weighted by Gasteiger charge is -2.32. The van der Waals surface area contributed by atoms with E-state index in [2.05, 4.69) is 115 Å². The molecule has 0 unspecified atom stereocenters. The Morgan fingerprint density at radius 2 is 0.980 bits per heavy atom. The molecule has 0 heterocycles. The average Bonchev–Trinajstić information content (AvgIpc) is 2.94. The van der Waals surface area contributed by atoms with E-state index < -0.39 is 30.3 Å². The van der Waals surface area contributed by atoms with Gasteiger partial charge in [0.15, 0.2) is 5.78 Å². The number of benzene rings is 2. The topological polar surface area (TPSA) is 127 Å². The number of esters is 2. The smallest absolute Gasteiger partial charge is 0.311 e. The lowest BCUT2D eigenvalue weighted by Crippen LogP contribution is -2.22. The van der Waals surface area contributed by atoms with Gasteiger partial charge in [0, 0.05) is 32.9 Å². The normalized spacial score (nSPS) is 12.3. The number of carboxylic acid groups (broad SMARTS) is 1. The summed E-state index contributed by atoms with van der Waals surface area (Å²) in [5.41, 5.74) is 2.35. The molecule has 0 radical (unpaired) electrons. The molecule has 0 aliphatic rings. The monoisotopic (exact) mass is 746 g/mol. The molecule has 286 valence electrons. The number of carboxylic acids is 1. The number of aliphatic hydroxyl groups is 1.